The molecule has 4 nitrogen and oxygen atoms in total. The van der Waals surface area contributed by atoms with E-state index < -0.39 is 7.60 Å². The van der Waals surface area contributed by atoms with Gasteiger partial charge in [-0.15, -0.1) is 0 Å². The van der Waals surface area contributed by atoms with Crippen molar-refractivity contribution in [3.05, 3.63) is 29.8 Å². The zero-order valence-electron chi connectivity index (χ0n) is 10.3. The largest absolute Gasteiger partial charge is 0.493 e. The van der Waals surface area contributed by atoms with Crippen molar-refractivity contribution in [2.24, 2.45) is 0 Å². The number of para-hydroxylation sites is 1. The molecule has 1 aromatic rings. The third-order valence-electron chi connectivity index (χ3n) is 2.14. The molecule has 17 heavy (non-hydrogen) atoms. The van der Waals surface area contributed by atoms with Crippen LogP contribution in [-0.2, 0) is 15.3 Å². The molecule has 1 rings (SSSR count). The van der Waals surface area contributed by atoms with Gasteiger partial charge in [0.15, 0.2) is 0 Å². The average molecular weight is 258 g/mol. The smallest absolute Gasteiger partial charge is 0.332 e. The van der Waals surface area contributed by atoms with Crippen LogP contribution < -0.4 is 4.74 Å². The summed E-state index contributed by atoms with van der Waals surface area (Å²) in [6.45, 7) is 4.54. The molecule has 0 saturated heterocycles. The van der Waals surface area contributed by atoms with Crippen molar-refractivity contribution < 1.29 is 18.7 Å². The Morgan fingerprint density at radius 2 is 2.00 bits per heavy atom. The summed E-state index contributed by atoms with van der Waals surface area (Å²) in [7, 11) is -3.55. The van der Waals surface area contributed by atoms with Crippen LogP contribution in [0.25, 0.3) is 0 Å². The molecule has 0 aliphatic rings. The Morgan fingerprint density at radius 1 is 1.29 bits per heavy atom. The molecule has 96 valence electrons. The Bertz CT molecular complexity index is 392. The van der Waals surface area contributed by atoms with Gasteiger partial charge in [0.05, 0.1) is 19.4 Å². The summed E-state index contributed by atoms with van der Waals surface area (Å²) in [5, 5.41) is 0. The molecule has 0 bridgehead atoms. The molecule has 1 N–H and O–H groups in total. The summed E-state index contributed by atoms with van der Waals surface area (Å²) in [6.07, 6.45) is 0.886. The molecule has 0 radical (unpaired) electrons. The molecule has 1 aromatic carbocycles. The zero-order valence-corrected chi connectivity index (χ0v) is 11.2. The molecule has 0 spiro atoms. The van der Waals surface area contributed by atoms with Gasteiger partial charge >= 0.3 is 7.60 Å². The first kappa shape index (κ1) is 14.2. The molecule has 0 aliphatic heterocycles. The summed E-state index contributed by atoms with van der Waals surface area (Å²) in [5.74, 6) is 0.656. The number of benzene rings is 1. The maximum atomic E-state index is 11.7. The second-order valence-corrected chi connectivity index (χ2v) is 5.52. The molecule has 5 heteroatoms. The maximum absolute atomic E-state index is 11.7. The summed E-state index contributed by atoms with van der Waals surface area (Å²) in [6, 6.07) is 7.25. The Balaban J connectivity index is 2.79. The number of rotatable bonds is 7. The van der Waals surface area contributed by atoms with Crippen molar-refractivity contribution in [3.63, 3.8) is 0 Å². The summed E-state index contributed by atoms with van der Waals surface area (Å²) in [5.41, 5.74) is 0.709. The highest BCUT2D eigenvalue weighted by atomic mass is 31.2. The van der Waals surface area contributed by atoms with Crippen molar-refractivity contribution in [2.45, 2.75) is 26.4 Å². The second kappa shape index (κ2) is 6.80. The standard InChI is InChI=1S/C12H19O4P/c1-3-9-15-12-8-6-5-7-11(12)10-17(13,14)16-4-2/h5-8H,3-4,9-10H2,1-2H3,(H,13,14). The van der Waals surface area contributed by atoms with Gasteiger partial charge in [0.2, 0.25) is 0 Å². The molecule has 0 saturated carbocycles. The minimum absolute atomic E-state index is 0.0132. The van der Waals surface area contributed by atoms with Gasteiger partial charge < -0.3 is 14.2 Å². The van der Waals surface area contributed by atoms with E-state index in [4.69, 9.17) is 9.26 Å². The van der Waals surface area contributed by atoms with Crippen LogP contribution in [0.2, 0.25) is 0 Å². The van der Waals surface area contributed by atoms with E-state index in [-0.39, 0.29) is 12.8 Å². The lowest BCUT2D eigenvalue weighted by molar-refractivity contribution is 0.271. The lowest BCUT2D eigenvalue weighted by Crippen LogP contribution is -2.00. The van der Waals surface area contributed by atoms with Gasteiger partial charge in [-0.05, 0) is 19.4 Å². The molecule has 0 aromatic heterocycles. The van der Waals surface area contributed by atoms with Gasteiger partial charge in [-0.1, -0.05) is 25.1 Å². The first-order valence-electron chi connectivity index (χ1n) is 5.76. The molecule has 1 unspecified atom stereocenters. The second-order valence-electron chi connectivity index (χ2n) is 3.67. The highest BCUT2D eigenvalue weighted by Gasteiger charge is 2.21. The fraction of sp³-hybridized carbons (Fsp3) is 0.500. The van der Waals surface area contributed by atoms with Crippen molar-refractivity contribution in [3.8, 4) is 5.75 Å². The highest BCUT2D eigenvalue weighted by Crippen LogP contribution is 2.47. The summed E-state index contributed by atoms with van der Waals surface area (Å²) in [4.78, 5) is 9.60. The average Bonchev–Trinajstić information content (AvgIpc) is 2.27. The van der Waals surface area contributed by atoms with Gasteiger partial charge in [-0.25, -0.2) is 0 Å². The van der Waals surface area contributed by atoms with Crippen molar-refractivity contribution in [1.82, 2.24) is 0 Å². The van der Waals surface area contributed by atoms with Crippen LogP contribution in [0.1, 0.15) is 25.8 Å². The van der Waals surface area contributed by atoms with Gasteiger partial charge in [0, 0.05) is 5.56 Å². The summed E-state index contributed by atoms with van der Waals surface area (Å²) >= 11 is 0. The number of hydrogen-bond donors (Lipinski definition) is 1. The lowest BCUT2D eigenvalue weighted by atomic mass is 10.2. The van der Waals surface area contributed by atoms with Crippen molar-refractivity contribution in [2.75, 3.05) is 13.2 Å². The van der Waals surface area contributed by atoms with E-state index in [0.717, 1.165) is 6.42 Å². The Hall–Kier alpha value is -0.830. The van der Waals surface area contributed by atoms with Crippen LogP contribution in [0.5, 0.6) is 5.75 Å². The fourth-order valence-corrected chi connectivity index (χ4v) is 2.64. The zero-order chi connectivity index (χ0) is 12.7. The lowest BCUT2D eigenvalue weighted by Gasteiger charge is -2.14. The van der Waals surface area contributed by atoms with E-state index in [1.165, 1.54) is 0 Å². The van der Waals surface area contributed by atoms with Crippen LogP contribution in [0.15, 0.2) is 24.3 Å². The number of hydrogen-bond acceptors (Lipinski definition) is 3. The molecule has 1 atom stereocenters. The highest BCUT2D eigenvalue weighted by molar-refractivity contribution is 7.51. The Morgan fingerprint density at radius 3 is 2.65 bits per heavy atom. The van der Waals surface area contributed by atoms with E-state index >= 15 is 0 Å². The van der Waals surface area contributed by atoms with Crippen molar-refractivity contribution in [1.29, 1.82) is 0 Å². The minimum Gasteiger partial charge on any atom is -0.493 e. The van der Waals surface area contributed by atoms with E-state index in [1.54, 1.807) is 19.1 Å². The maximum Gasteiger partial charge on any atom is 0.332 e. The van der Waals surface area contributed by atoms with E-state index in [9.17, 15) is 9.46 Å². The molecule has 0 heterocycles. The first-order valence-corrected chi connectivity index (χ1v) is 7.52. The molecular formula is C12H19O4P. The number of ether oxygens (including phenoxy) is 1. The Kier molecular flexibility index (Phi) is 5.69. The van der Waals surface area contributed by atoms with E-state index in [2.05, 4.69) is 0 Å². The monoisotopic (exact) mass is 258 g/mol. The van der Waals surface area contributed by atoms with Gasteiger partial charge in [0.25, 0.3) is 0 Å². The van der Waals surface area contributed by atoms with Crippen LogP contribution in [0, 0.1) is 0 Å². The van der Waals surface area contributed by atoms with Crippen LogP contribution in [0.4, 0.5) is 0 Å². The quantitative estimate of drug-likeness (QED) is 0.763. The summed E-state index contributed by atoms with van der Waals surface area (Å²) < 4.78 is 22.1. The molecule has 0 amide bonds. The van der Waals surface area contributed by atoms with E-state index in [1.807, 2.05) is 19.1 Å². The van der Waals surface area contributed by atoms with Crippen molar-refractivity contribution >= 4 is 7.60 Å². The third-order valence-corrected chi connectivity index (χ3v) is 3.54. The predicted molar refractivity (Wildman–Crippen MR) is 67.4 cm³/mol. The van der Waals surface area contributed by atoms with Crippen LogP contribution in [0.3, 0.4) is 0 Å². The van der Waals surface area contributed by atoms with Gasteiger partial charge in [0.1, 0.15) is 5.75 Å². The SMILES string of the molecule is CCCOc1ccccc1CP(=O)(O)OCC. The van der Waals surface area contributed by atoms with E-state index in [0.29, 0.717) is 17.9 Å². The third kappa shape index (κ3) is 4.90. The van der Waals surface area contributed by atoms with Gasteiger partial charge in [-0.3, -0.25) is 4.57 Å². The normalized spacial score (nSPS) is 14.3. The minimum atomic E-state index is -3.55. The molecular weight excluding hydrogens is 239 g/mol. The molecule has 0 aliphatic carbocycles. The first-order chi connectivity index (χ1) is 8.09. The fourth-order valence-electron chi connectivity index (χ4n) is 1.45. The topological polar surface area (TPSA) is 55.8 Å². The molecule has 0 fully saturated rings. The Labute approximate surface area is 102 Å². The van der Waals surface area contributed by atoms with Crippen LogP contribution >= 0.6 is 7.60 Å². The predicted octanol–water partition coefficient (Wildman–Crippen LogP) is 3.20. The van der Waals surface area contributed by atoms with Gasteiger partial charge in [-0.2, -0.15) is 0 Å². The van der Waals surface area contributed by atoms with Crippen LogP contribution in [-0.4, -0.2) is 18.1 Å².